The van der Waals surface area contributed by atoms with Gasteiger partial charge in [-0.2, -0.15) is 0 Å². The summed E-state index contributed by atoms with van der Waals surface area (Å²) in [5.74, 6) is 1.42. The van der Waals surface area contributed by atoms with Crippen molar-refractivity contribution < 1.29 is 19.2 Å². The summed E-state index contributed by atoms with van der Waals surface area (Å²) in [4.78, 5) is 15.9. The fraction of sp³-hybridized carbons (Fsp3) is 0.409. The Morgan fingerprint density at radius 3 is 2.36 bits per heavy atom. The molecule has 2 aromatic rings. The molecule has 1 saturated heterocycles. The Morgan fingerprint density at radius 1 is 1.04 bits per heavy atom. The Hall–Kier alpha value is -2.73. The second kappa shape index (κ2) is 9.46. The molecule has 2 N–H and O–H groups in total. The van der Waals surface area contributed by atoms with Crippen molar-refractivity contribution in [3.63, 3.8) is 0 Å². The second-order valence-corrected chi connectivity index (χ2v) is 7.29. The van der Waals surface area contributed by atoms with Crippen molar-refractivity contribution in [1.82, 2.24) is 0 Å². The van der Waals surface area contributed by atoms with Crippen LogP contribution in [-0.4, -0.2) is 46.8 Å². The summed E-state index contributed by atoms with van der Waals surface area (Å²) < 4.78 is 10.6. The van der Waals surface area contributed by atoms with Crippen molar-refractivity contribution in [1.29, 1.82) is 0 Å². The van der Waals surface area contributed by atoms with Crippen LogP contribution in [0.4, 0.5) is 11.4 Å². The fourth-order valence-electron chi connectivity index (χ4n) is 3.61. The lowest BCUT2D eigenvalue weighted by molar-refractivity contribution is -0.885. The van der Waals surface area contributed by atoms with Crippen LogP contribution in [0.2, 0.25) is 0 Å². The number of nitrogens with zero attached hydrogens (tertiary/aromatic N) is 1. The predicted molar refractivity (Wildman–Crippen MR) is 112 cm³/mol. The maximum atomic E-state index is 12.4. The lowest BCUT2D eigenvalue weighted by atomic mass is 10.2. The quantitative estimate of drug-likeness (QED) is 0.731. The summed E-state index contributed by atoms with van der Waals surface area (Å²) in [6, 6.07) is 14.0. The Balaban J connectivity index is 1.51. The Labute approximate surface area is 167 Å². The summed E-state index contributed by atoms with van der Waals surface area (Å²) in [6.45, 7) is 3.36. The third kappa shape index (κ3) is 5.16. The highest BCUT2D eigenvalue weighted by atomic mass is 16.5. The van der Waals surface area contributed by atoms with Gasteiger partial charge in [0, 0.05) is 30.0 Å². The molecule has 1 fully saturated rings. The first-order valence-corrected chi connectivity index (χ1v) is 9.76. The lowest BCUT2D eigenvalue weighted by Crippen LogP contribution is -3.08. The van der Waals surface area contributed by atoms with Gasteiger partial charge in [0.2, 0.25) is 0 Å². The molecule has 1 atom stereocenters. The zero-order chi connectivity index (χ0) is 19.9. The van der Waals surface area contributed by atoms with Gasteiger partial charge < -0.3 is 24.6 Å². The number of likely N-dealkylation sites (N-methyl/N-ethyl adjacent to an activating group) is 1. The molecule has 0 saturated carbocycles. The average Bonchev–Trinajstić information content (AvgIpc) is 3.23. The minimum Gasteiger partial charge on any atom is -0.493 e. The van der Waals surface area contributed by atoms with E-state index >= 15 is 0 Å². The van der Waals surface area contributed by atoms with Crippen LogP contribution in [0.25, 0.3) is 0 Å². The van der Waals surface area contributed by atoms with Crippen LogP contribution >= 0.6 is 0 Å². The summed E-state index contributed by atoms with van der Waals surface area (Å²) in [6.07, 6.45) is 2.52. The van der Waals surface area contributed by atoms with E-state index in [1.54, 1.807) is 14.2 Å². The predicted octanol–water partition coefficient (Wildman–Crippen LogP) is 1.96. The molecular formula is C22H30N3O3+. The number of amides is 1. The van der Waals surface area contributed by atoms with Crippen LogP contribution in [-0.2, 0) is 11.3 Å². The first kappa shape index (κ1) is 20.0. The van der Waals surface area contributed by atoms with Gasteiger partial charge in [-0.25, -0.2) is 0 Å². The zero-order valence-electron chi connectivity index (χ0n) is 17.0. The van der Waals surface area contributed by atoms with Gasteiger partial charge in [-0.1, -0.05) is 0 Å². The topological polar surface area (TPSA) is 55.2 Å². The number of nitrogens with one attached hydrogen (secondary N) is 2. The number of methoxy groups -OCH3 is 2. The van der Waals surface area contributed by atoms with Crippen molar-refractivity contribution in [2.75, 3.05) is 51.1 Å². The van der Waals surface area contributed by atoms with E-state index in [1.807, 2.05) is 37.4 Å². The summed E-state index contributed by atoms with van der Waals surface area (Å²) in [5, 5.41) is 2.99. The van der Waals surface area contributed by atoms with E-state index in [0.29, 0.717) is 18.0 Å². The molecule has 1 amide bonds. The maximum Gasteiger partial charge on any atom is 0.279 e. The van der Waals surface area contributed by atoms with Crippen LogP contribution in [0.5, 0.6) is 11.5 Å². The van der Waals surface area contributed by atoms with Gasteiger partial charge in [0.05, 0.1) is 21.3 Å². The lowest BCUT2D eigenvalue weighted by Gasteiger charge is -2.18. The average molecular weight is 385 g/mol. The van der Waals surface area contributed by atoms with E-state index in [9.17, 15) is 4.79 Å². The van der Waals surface area contributed by atoms with Gasteiger partial charge in [-0.05, 0) is 55.3 Å². The van der Waals surface area contributed by atoms with Gasteiger partial charge in [0.1, 0.15) is 6.54 Å². The second-order valence-electron chi connectivity index (χ2n) is 7.29. The first-order chi connectivity index (χ1) is 13.6. The number of hydrogen-bond donors (Lipinski definition) is 2. The molecule has 1 heterocycles. The number of quaternary nitrogens is 1. The van der Waals surface area contributed by atoms with Crippen molar-refractivity contribution >= 4 is 17.3 Å². The standard InChI is InChI=1S/C22H29N3O3/c1-24(15-17-6-11-20(27-2)21(14-17)28-3)16-22(26)23-18-7-9-19(10-8-18)25-12-4-5-13-25/h6-11,14H,4-5,12-13,15-16H2,1-3H3,(H,23,26)/p+1. The number of benzene rings is 2. The minimum absolute atomic E-state index is 0.00639. The smallest absolute Gasteiger partial charge is 0.279 e. The van der Waals surface area contributed by atoms with Crippen LogP contribution in [0.3, 0.4) is 0 Å². The van der Waals surface area contributed by atoms with Gasteiger partial charge in [0.25, 0.3) is 5.91 Å². The highest BCUT2D eigenvalue weighted by Gasteiger charge is 2.14. The maximum absolute atomic E-state index is 12.4. The number of ether oxygens (including phenoxy) is 2. The van der Waals surface area contributed by atoms with Crippen molar-refractivity contribution in [3.8, 4) is 11.5 Å². The third-order valence-corrected chi connectivity index (χ3v) is 5.04. The minimum atomic E-state index is 0.00639. The molecule has 150 valence electrons. The molecule has 0 bridgehead atoms. The fourth-order valence-corrected chi connectivity index (χ4v) is 3.61. The molecule has 6 heteroatoms. The van der Waals surface area contributed by atoms with Crippen molar-refractivity contribution in [2.24, 2.45) is 0 Å². The van der Waals surface area contributed by atoms with Crippen LogP contribution < -0.4 is 24.6 Å². The van der Waals surface area contributed by atoms with Gasteiger partial charge in [-0.15, -0.1) is 0 Å². The van der Waals surface area contributed by atoms with E-state index in [2.05, 4.69) is 22.3 Å². The molecule has 1 aliphatic rings. The van der Waals surface area contributed by atoms with E-state index in [1.165, 1.54) is 18.5 Å². The molecule has 2 aromatic carbocycles. The molecule has 0 radical (unpaired) electrons. The Kier molecular flexibility index (Phi) is 6.76. The molecule has 0 aliphatic carbocycles. The van der Waals surface area contributed by atoms with Crippen molar-refractivity contribution in [2.45, 2.75) is 19.4 Å². The molecule has 3 rings (SSSR count). The van der Waals surface area contributed by atoms with E-state index < -0.39 is 0 Å². The number of anilines is 2. The SMILES string of the molecule is COc1ccc(C[NH+](C)CC(=O)Nc2ccc(N3CCCC3)cc2)cc1OC. The van der Waals surface area contributed by atoms with Crippen LogP contribution in [0.1, 0.15) is 18.4 Å². The monoisotopic (exact) mass is 384 g/mol. The normalized spacial score (nSPS) is 14.6. The number of carbonyl (C=O) groups is 1. The molecule has 1 unspecified atom stereocenters. The summed E-state index contributed by atoms with van der Waals surface area (Å²) in [5.41, 5.74) is 3.16. The van der Waals surface area contributed by atoms with Gasteiger partial charge >= 0.3 is 0 Å². The highest BCUT2D eigenvalue weighted by molar-refractivity contribution is 5.91. The molecule has 1 aliphatic heterocycles. The summed E-state index contributed by atoms with van der Waals surface area (Å²) >= 11 is 0. The first-order valence-electron chi connectivity index (χ1n) is 9.76. The molecule has 28 heavy (non-hydrogen) atoms. The van der Waals surface area contributed by atoms with Gasteiger partial charge in [0.15, 0.2) is 18.0 Å². The number of hydrogen-bond acceptors (Lipinski definition) is 4. The molecule has 0 spiro atoms. The van der Waals surface area contributed by atoms with Gasteiger partial charge in [-0.3, -0.25) is 4.79 Å². The largest absolute Gasteiger partial charge is 0.493 e. The molecular weight excluding hydrogens is 354 g/mol. The summed E-state index contributed by atoms with van der Waals surface area (Å²) in [7, 11) is 5.25. The van der Waals surface area contributed by atoms with Crippen LogP contribution in [0, 0.1) is 0 Å². The highest BCUT2D eigenvalue weighted by Crippen LogP contribution is 2.27. The van der Waals surface area contributed by atoms with E-state index in [-0.39, 0.29) is 5.91 Å². The number of rotatable bonds is 8. The van der Waals surface area contributed by atoms with Crippen molar-refractivity contribution in [3.05, 3.63) is 48.0 Å². The number of carbonyl (C=O) groups excluding carboxylic acids is 1. The Morgan fingerprint density at radius 2 is 1.71 bits per heavy atom. The van der Waals surface area contributed by atoms with Crippen LogP contribution in [0.15, 0.2) is 42.5 Å². The molecule has 6 nitrogen and oxygen atoms in total. The molecule has 0 aromatic heterocycles. The van der Waals surface area contributed by atoms with E-state index in [4.69, 9.17) is 9.47 Å². The zero-order valence-corrected chi connectivity index (χ0v) is 17.0. The Bertz CT molecular complexity index is 786. The third-order valence-electron chi connectivity index (χ3n) is 5.04. The van der Waals surface area contributed by atoms with E-state index in [0.717, 1.165) is 35.8 Å².